The molecule has 19 heavy (non-hydrogen) atoms. The van der Waals surface area contributed by atoms with Crippen molar-refractivity contribution in [2.24, 2.45) is 5.92 Å². The molecule has 0 unspecified atom stereocenters. The summed E-state index contributed by atoms with van der Waals surface area (Å²) in [5, 5.41) is 1.11. The van der Waals surface area contributed by atoms with Gasteiger partial charge in [0.15, 0.2) is 0 Å². The molecule has 1 amide bonds. The number of amides is 1. The van der Waals surface area contributed by atoms with Gasteiger partial charge in [-0.05, 0) is 37.3 Å². The Morgan fingerprint density at radius 3 is 2.95 bits per heavy atom. The highest BCUT2D eigenvalue weighted by molar-refractivity contribution is 6.05. The van der Waals surface area contributed by atoms with Gasteiger partial charge in [0.05, 0.1) is 11.1 Å². The number of aromatic nitrogens is 1. The topological polar surface area (TPSA) is 36.1 Å². The number of carbonyl (C=O) groups is 1. The number of H-pyrrole nitrogens is 1. The highest BCUT2D eigenvalue weighted by Crippen LogP contribution is 2.30. The lowest BCUT2D eigenvalue weighted by molar-refractivity contribution is 0.0749. The molecule has 1 heterocycles. The highest BCUT2D eigenvalue weighted by atomic mass is 16.2. The molecule has 1 aliphatic rings. The third kappa shape index (κ3) is 2.50. The number of para-hydroxylation sites is 1. The summed E-state index contributed by atoms with van der Waals surface area (Å²) in [7, 11) is 0. The van der Waals surface area contributed by atoms with E-state index in [1.165, 1.54) is 12.8 Å². The second-order valence-corrected chi connectivity index (χ2v) is 5.44. The molecule has 2 aromatic rings. The van der Waals surface area contributed by atoms with Crippen molar-refractivity contribution in [3.8, 4) is 0 Å². The van der Waals surface area contributed by atoms with Crippen LogP contribution in [0.2, 0.25) is 0 Å². The van der Waals surface area contributed by atoms with E-state index in [-0.39, 0.29) is 5.91 Å². The van der Waals surface area contributed by atoms with Gasteiger partial charge in [-0.3, -0.25) is 4.79 Å². The van der Waals surface area contributed by atoms with Gasteiger partial charge in [0.1, 0.15) is 0 Å². The first-order valence-corrected chi connectivity index (χ1v) is 7.15. The molecule has 3 nitrogen and oxygen atoms in total. The first kappa shape index (κ1) is 12.3. The molecule has 0 saturated heterocycles. The average Bonchev–Trinajstić information content (AvgIpc) is 3.11. The summed E-state index contributed by atoms with van der Waals surface area (Å²) >= 11 is 0. The molecule has 1 fully saturated rings. The van der Waals surface area contributed by atoms with Gasteiger partial charge in [-0.2, -0.15) is 0 Å². The Kier molecular flexibility index (Phi) is 3.28. The van der Waals surface area contributed by atoms with Crippen LogP contribution in [0.4, 0.5) is 0 Å². The number of fused-ring (bicyclic) bond motifs is 1. The van der Waals surface area contributed by atoms with Crippen LogP contribution in [0.25, 0.3) is 10.9 Å². The standard InChI is InChI=1S/C16H20N2O/c1-2-10-18(11-12-6-7-12)16(19)14-5-3-4-13-8-9-17-15(13)14/h3-5,8-9,12,17H,2,6-7,10-11H2,1H3. The van der Waals surface area contributed by atoms with Crippen LogP contribution in [0.1, 0.15) is 36.5 Å². The third-order valence-corrected chi connectivity index (χ3v) is 3.77. The molecular weight excluding hydrogens is 236 g/mol. The summed E-state index contributed by atoms with van der Waals surface area (Å²) in [5.74, 6) is 0.903. The first-order chi connectivity index (χ1) is 9.29. The van der Waals surface area contributed by atoms with E-state index in [2.05, 4.69) is 11.9 Å². The summed E-state index contributed by atoms with van der Waals surface area (Å²) in [4.78, 5) is 17.9. The summed E-state index contributed by atoms with van der Waals surface area (Å²) in [5.41, 5.74) is 1.76. The molecule has 0 aliphatic heterocycles. The Morgan fingerprint density at radius 1 is 1.37 bits per heavy atom. The van der Waals surface area contributed by atoms with Crippen LogP contribution < -0.4 is 0 Å². The number of rotatable bonds is 5. The fourth-order valence-electron chi connectivity index (χ4n) is 2.59. The van der Waals surface area contributed by atoms with Gasteiger partial charge in [0, 0.05) is 24.7 Å². The lowest BCUT2D eigenvalue weighted by Crippen LogP contribution is -2.33. The molecule has 3 rings (SSSR count). The Hall–Kier alpha value is -1.77. The molecule has 1 aliphatic carbocycles. The van der Waals surface area contributed by atoms with Crippen molar-refractivity contribution in [2.45, 2.75) is 26.2 Å². The Labute approximate surface area is 113 Å². The van der Waals surface area contributed by atoms with Crippen molar-refractivity contribution >= 4 is 16.8 Å². The molecule has 1 N–H and O–H groups in total. The summed E-state index contributed by atoms with van der Waals surface area (Å²) in [6.45, 7) is 3.90. The number of nitrogens with one attached hydrogen (secondary N) is 1. The van der Waals surface area contributed by atoms with E-state index in [1.54, 1.807) is 0 Å². The minimum absolute atomic E-state index is 0.168. The lowest BCUT2D eigenvalue weighted by atomic mass is 10.1. The van der Waals surface area contributed by atoms with Gasteiger partial charge in [0.2, 0.25) is 0 Å². The second-order valence-electron chi connectivity index (χ2n) is 5.44. The minimum atomic E-state index is 0.168. The van der Waals surface area contributed by atoms with E-state index in [1.807, 2.05) is 35.4 Å². The van der Waals surface area contributed by atoms with Crippen LogP contribution in [0, 0.1) is 5.92 Å². The Balaban J connectivity index is 1.89. The van der Waals surface area contributed by atoms with E-state index in [0.717, 1.165) is 41.9 Å². The molecule has 0 atom stereocenters. The van der Waals surface area contributed by atoms with Crippen LogP contribution in [-0.4, -0.2) is 28.9 Å². The fourth-order valence-corrected chi connectivity index (χ4v) is 2.59. The maximum absolute atomic E-state index is 12.7. The molecule has 3 heteroatoms. The molecule has 1 saturated carbocycles. The van der Waals surface area contributed by atoms with Crippen molar-refractivity contribution in [1.82, 2.24) is 9.88 Å². The predicted octanol–water partition coefficient (Wildman–Crippen LogP) is 3.43. The van der Waals surface area contributed by atoms with Crippen molar-refractivity contribution < 1.29 is 4.79 Å². The van der Waals surface area contributed by atoms with E-state index in [9.17, 15) is 4.79 Å². The highest BCUT2D eigenvalue weighted by Gasteiger charge is 2.27. The van der Waals surface area contributed by atoms with Gasteiger partial charge < -0.3 is 9.88 Å². The number of hydrogen-bond acceptors (Lipinski definition) is 1. The normalized spacial score (nSPS) is 14.8. The van der Waals surface area contributed by atoms with E-state index in [0.29, 0.717) is 0 Å². The first-order valence-electron chi connectivity index (χ1n) is 7.15. The molecule has 0 radical (unpaired) electrons. The van der Waals surface area contributed by atoms with Gasteiger partial charge in [-0.15, -0.1) is 0 Å². The van der Waals surface area contributed by atoms with Crippen molar-refractivity contribution in [3.05, 3.63) is 36.0 Å². The number of hydrogen-bond donors (Lipinski definition) is 1. The molecule has 0 spiro atoms. The number of carbonyl (C=O) groups excluding carboxylic acids is 1. The average molecular weight is 256 g/mol. The Bertz CT molecular complexity index is 583. The molecule has 100 valence electrons. The minimum Gasteiger partial charge on any atom is -0.361 e. The van der Waals surface area contributed by atoms with E-state index < -0.39 is 0 Å². The number of aromatic amines is 1. The summed E-state index contributed by atoms with van der Waals surface area (Å²) < 4.78 is 0. The van der Waals surface area contributed by atoms with Crippen LogP contribution in [-0.2, 0) is 0 Å². The fraction of sp³-hybridized carbons (Fsp3) is 0.438. The van der Waals surface area contributed by atoms with Crippen LogP contribution in [0.15, 0.2) is 30.5 Å². The largest absolute Gasteiger partial charge is 0.361 e. The van der Waals surface area contributed by atoms with Gasteiger partial charge in [0.25, 0.3) is 5.91 Å². The summed E-state index contributed by atoms with van der Waals surface area (Å²) in [6, 6.07) is 7.94. The number of nitrogens with zero attached hydrogens (tertiary/aromatic N) is 1. The molecular formula is C16H20N2O. The van der Waals surface area contributed by atoms with Gasteiger partial charge >= 0.3 is 0 Å². The van der Waals surface area contributed by atoms with Crippen molar-refractivity contribution in [3.63, 3.8) is 0 Å². The molecule has 1 aromatic carbocycles. The monoisotopic (exact) mass is 256 g/mol. The Morgan fingerprint density at radius 2 is 2.21 bits per heavy atom. The zero-order valence-corrected chi connectivity index (χ0v) is 11.4. The summed E-state index contributed by atoms with van der Waals surface area (Å²) in [6.07, 6.45) is 5.46. The van der Waals surface area contributed by atoms with E-state index >= 15 is 0 Å². The maximum Gasteiger partial charge on any atom is 0.255 e. The van der Waals surface area contributed by atoms with Gasteiger partial charge in [-0.25, -0.2) is 0 Å². The predicted molar refractivity (Wildman–Crippen MR) is 77.2 cm³/mol. The SMILES string of the molecule is CCCN(CC1CC1)C(=O)c1cccc2cc[nH]c12. The van der Waals surface area contributed by atoms with E-state index in [4.69, 9.17) is 0 Å². The maximum atomic E-state index is 12.7. The van der Waals surface area contributed by atoms with Gasteiger partial charge in [-0.1, -0.05) is 19.1 Å². The van der Waals surface area contributed by atoms with Crippen molar-refractivity contribution in [2.75, 3.05) is 13.1 Å². The zero-order valence-electron chi connectivity index (χ0n) is 11.4. The smallest absolute Gasteiger partial charge is 0.255 e. The van der Waals surface area contributed by atoms with Crippen molar-refractivity contribution in [1.29, 1.82) is 0 Å². The number of benzene rings is 1. The third-order valence-electron chi connectivity index (χ3n) is 3.77. The van der Waals surface area contributed by atoms with Crippen LogP contribution >= 0.6 is 0 Å². The lowest BCUT2D eigenvalue weighted by Gasteiger charge is -2.22. The molecule has 1 aromatic heterocycles. The van der Waals surface area contributed by atoms with Crippen LogP contribution in [0.5, 0.6) is 0 Å². The second kappa shape index (κ2) is 5.08. The quantitative estimate of drug-likeness (QED) is 0.874. The van der Waals surface area contributed by atoms with Crippen LogP contribution in [0.3, 0.4) is 0 Å². The zero-order chi connectivity index (χ0) is 13.2. The molecule has 0 bridgehead atoms.